The van der Waals surface area contributed by atoms with E-state index in [1.165, 1.54) is 0 Å². The fraction of sp³-hybridized carbons (Fsp3) is 0.381. The fourth-order valence-corrected chi connectivity index (χ4v) is 3.70. The van der Waals surface area contributed by atoms with Gasteiger partial charge in [-0.15, -0.1) is 0 Å². The SMILES string of the molecule is CC(C)C1CN(C)CCN1c1nc(-c2ccncc2)nc2ccccc12. The molecule has 3 aromatic rings. The van der Waals surface area contributed by atoms with Crippen molar-refractivity contribution in [3.05, 3.63) is 48.8 Å². The molecule has 1 aromatic carbocycles. The predicted molar refractivity (Wildman–Crippen MR) is 106 cm³/mol. The Bertz CT molecular complexity index is 893. The van der Waals surface area contributed by atoms with Crippen LogP contribution < -0.4 is 4.90 Å². The quantitative estimate of drug-likeness (QED) is 0.726. The molecule has 4 rings (SSSR count). The highest BCUT2D eigenvalue weighted by Crippen LogP contribution is 2.31. The normalized spacial score (nSPS) is 18.6. The standard InChI is InChI=1S/C21H25N5/c1-15(2)19-14-25(3)12-13-26(19)21-17-6-4-5-7-18(17)23-20(24-21)16-8-10-22-11-9-16/h4-11,15,19H,12-14H2,1-3H3. The Morgan fingerprint density at radius 2 is 1.77 bits per heavy atom. The maximum Gasteiger partial charge on any atom is 0.162 e. The Balaban J connectivity index is 1.87. The smallest absolute Gasteiger partial charge is 0.162 e. The maximum atomic E-state index is 5.02. The van der Waals surface area contributed by atoms with Crippen molar-refractivity contribution < 1.29 is 0 Å². The lowest BCUT2D eigenvalue weighted by Crippen LogP contribution is -2.54. The van der Waals surface area contributed by atoms with E-state index < -0.39 is 0 Å². The van der Waals surface area contributed by atoms with Crippen molar-refractivity contribution >= 4 is 16.7 Å². The Kier molecular flexibility index (Phi) is 4.55. The lowest BCUT2D eigenvalue weighted by atomic mass is 9.99. The number of pyridine rings is 1. The molecule has 26 heavy (non-hydrogen) atoms. The van der Waals surface area contributed by atoms with Crippen LogP contribution in [0.1, 0.15) is 13.8 Å². The van der Waals surface area contributed by atoms with Gasteiger partial charge in [-0.25, -0.2) is 9.97 Å². The van der Waals surface area contributed by atoms with Crippen LogP contribution in [0.5, 0.6) is 0 Å². The zero-order valence-electron chi connectivity index (χ0n) is 15.6. The van der Waals surface area contributed by atoms with Crippen LogP contribution in [-0.4, -0.2) is 52.6 Å². The summed E-state index contributed by atoms with van der Waals surface area (Å²) in [5.74, 6) is 2.37. The fourth-order valence-electron chi connectivity index (χ4n) is 3.70. The van der Waals surface area contributed by atoms with Crippen LogP contribution in [0, 0.1) is 5.92 Å². The Morgan fingerprint density at radius 3 is 2.54 bits per heavy atom. The molecule has 5 nitrogen and oxygen atoms in total. The molecule has 2 aromatic heterocycles. The van der Waals surface area contributed by atoms with E-state index in [0.29, 0.717) is 12.0 Å². The second kappa shape index (κ2) is 7.00. The van der Waals surface area contributed by atoms with Crippen LogP contribution in [0.4, 0.5) is 5.82 Å². The third kappa shape index (κ3) is 3.15. The van der Waals surface area contributed by atoms with Crippen molar-refractivity contribution in [1.82, 2.24) is 19.9 Å². The van der Waals surface area contributed by atoms with E-state index in [1.54, 1.807) is 12.4 Å². The van der Waals surface area contributed by atoms with E-state index in [9.17, 15) is 0 Å². The Labute approximate surface area is 154 Å². The third-order valence-electron chi connectivity index (χ3n) is 5.18. The molecule has 0 aliphatic carbocycles. The van der Waals surface area contributed by atoms with Crippen molar-refractivity contribution in [2.45, 2.75) is 19.9 Å². The number of aromatic nitrogens is 3. The molecule has 1 fully saturated rings. The minimum Gasteiger partial charge on any atom is -0.350 e. The van der Waals surface area contributed by atoms with Gasteiger partial charge in [-0.3, -0.25) is 4.98 Å². The molecule has 3 heterocycles. The number of hydrogen-bond acceptors (Lipinski definition) is 5. The summed E-state index contributed by atoms with van der Waals surface area (Å²) < 4.78 is 0. The van der Waals surface area contributed by atoms with Crippen LogP contribution in [0.3, 0.4) is 0 Å². The molecule has 0 amide bonds. The second-order valence-electron chi connectivity index (χ2n) is 7.39. The van der Waals surface area contributed by atoms with Crippen molar-refractivity contribution in [3.8, 4) is 11.4 Å². The zero-order chi connectivity index (χ0) is 18.1. The average Bonchev–Trinajstić information content (AvgIpc) is 2.68. The molecule has 0 radical (unpaired) electrons. The molecule has 0 bridgehead atoms. The summed E-state index contributed by atoms with van der Waals surface area (Å²) in [5, 5.41) is 1.13. The first-order chi connectivity index (χ1) is 12.6. The molecule has 1 unspecified atom stereocenters. The average molecular weight is 347 g/mol. The van der Waals surface area contributed by atoms with Crippen LogP contribution in [0.25, 0.3) is 22.3 Å². The lowest BCUT2D eigenvalue weighted by Gasteiger charge is -2.43. The van der Waals surface area contributed by atoms with Gasteiger partial charge < -0.3 is 9.80 Å². The van der Waals surface area contributed by atoms with E-state index in [-0.39, 0.29) is 0 Å². The first-order valence-corrected chi connectivity index (χ1v) is 9.26. The first kappa shape index (κ1) is 16.9. The minimum atomic E-state index is 0.442. The van der Waals surface area contributed by atoms with Crippen LogP contribution >= 0.6 is 0 Å². The molecule has 0 N–H and O–H groups in total. The van der Waals surface area contributed by atoms with E-state index in [2.05, 4.69) is 53.9 Å². The second-order valence-corrected chi connectivity index (χ2v) is 7.39. The predicted octanol–water partition coefficient (Wildman–Crippen LogP) is 3.47. The van der Waals surface area contributed by atoms with E-state index in [1.807, 2.05) is 18.2 Å². The van der Waals surface area contributed by atoms with E-state index in [4.69, 9.17) is 9.97 Å². The van der Waals surface area contributed by atoms with Gasteiger partial charge in [0.25, 0.3) is 0 Å². The highest BCUT2D eigenvalue weighted by atomic mass is 15.3. The van der Waals surface area contributed by atoms with Gasteiger partial charge in [0.2, 0.25) is 0 Å². The van der Waals surface area contributed by atoms with Gasteiger partial charge >= 0.3 is 0 Å². The van der Waals surface area contributed by atoms with E-state index in [0.717, 1.165) is 47.7 Å². The molecule has 134 valence electrons. The molecule has 0 saturated carbocycles. The van der Waals surface area contributed by atoms with Gasteiger partial charge in [-0.1, -0.05) is 26.0 Å². The van der Waals surface area contributed by atoms with Crippen molar-refractivity contribution in [1.29, 1.82) is 0 Å². The number of benzene rings is 1. The van der Waals surface area contributed by atoms with Gasteiger partial charge in [0.15, 0.2) is 5.82 Å². The number of likely N-dealkylation sites (N-methyl/N-ethyl adjacent to an activating group) is 1. The molecular weight excluding hydrogens is 322 g/mol. The Hall–Kier alpha value is -2.53. The van der Waals surface area contributed by atoms with Gasteiger partial charge in [-0.2, -0.15) is 0 Å². The molecule has 0 spiro atoms. The van der Waals surface area contributed by atoms with Gasteiger partial charge in [0.1, 0.15) is 5.82 Å². The summed E-state index contributed by atoms with van der Waals surface area (Å²) in [6, 6.07) is 12.7. The molecule has 1 saturated heterocycles. The Morgan fingerprint density at radius 1 is 1.00 bits per heavy atom. The third-order valence-corrected chi connectivity index (χ3v) is 5.18. The van der Waals surface area contributed by atoms with Crippen LogP contribution in [-0.2, 0) is 0 Å². The number of fused-ring (bicyclic) bond motifs is 1. The van der Waals surface area contributed by atoms with E-state index >= 15 is 0 Å². The molecule has 5 heteroatoms. The van der Waals surface area contributed by atoms with Crippen molar-refractivity contribution in [2.24, 2.45) is 5.92 Å². The number of para-hydroxylation sites is 1. The number of nitrogens with zero attached hydrogens (tertiary/aromatic N) is 5. The summed E-state index contributed by atoms with van der Waals surface area (Å²) in [7, 11) is 2.20. The molecule has 1 aliphatic heterocycles. The number of piperazine rings is 1. The van der Waals surface area contributed by atoms with Gasteiger partial charge in [0, 0.05) is 49.0 Å². The topological polar surface area (TPSA) is 45.2 Å². The molecule has 1 atom stereocenters. The number of rotatable bonds is 3. The highest BCUT2D eigenvalue weighted by Gasteiger charge is 2.30. The van der Waals surface area contributed by atoms with Crippen molar-refractivity contribution in [2.75, 3.05) is 31.6 Å². The molecular formula is C21H25N5. The minimum absolute atomic E-state index is 0.442. The van der Waals surface area contributed by atoms with Gasteiger partial charge in [-0.05, 0) is 37.2 Å². The van der Waals surface area contributed by atoms with Crippen molar-refractivity contribution in [3.63, 3.8) is 0 Å². The zero-order valence-corrected chi connectivity index (χ0v) is 15.6. The summed E-state index contributed by atoms with van der Waals surface area (Å²) in [6.07, 6.45) is 3.58. The number of hydrogen-bond donors (Lipinski definition) is 0. The summed E-state index contributed by atoms with van der Waals surface area (Å²) >= 11 is 0. The summed E-state index contributed by atoms with van der Waals surface area (Å²) in [5.41, 5.74) is 1.99. The largest absolute Gasteiger partial charge is 0.350 e. The monoisotopic (exact) mass is 347 g/mol. The number of anilines is 1. The lowest BCUT2D eigenvalue weighted by molar-refractivity contribution is 0.236. The van der Waals surface area contributed by atoms with Gasteiger partial charge in [0.05, 0.1) is 5.52 Å². The maximum absolute atomic E-state index is 5.02. The van der Waals surface area contributed by atoms with Crippen LogP contribution in [0.15, 0.2) is 48.8 Å². The molecule has 1 aliphatic rings. The highest BCUT2D eigenvalue weighted by molar-refractivity contribution is 5.91. The summed E-state index contributed by atoms with van der Waals surface area (Å²) in [4.78, 5) is 18.8. The summed E-state index contributed by atoms with van der Waals surface area (Å²) in [6.45, 7) is 7.68. The van der Waals surface area contributed by atoms with Crippen LogP contribution in [0.2, 0.25) is 0 Å². The first-order valence-electron chi connectivity index (χ1n) is 9.26.